The van der Waals surface area contributed by atoms with Crippen LogP contribution in [0, 0.1) is 13.8 Å². The van der Waals surface area contributed by atoms with Gasteiger partial charge in [0, 0.05) is 32.1 Å². The monoisotopic (exact) mass is 353 g/mol. The molecule has 0 spiro atoms. The first-order valence-electron chi connectivity index (χ1n) is 8.35. The van der Waals surface area contributed by atoms with Gasteiger partial charge in [0.05, 0.1) is 4.90 Å². The number of amides is 1. The molecule has 2 N–H and O–H groups in total. The van der Waals surface area contributed by atoms with E-state index >= 15 is 0 Å². The number of hydrogen-bond acceptors (Lipinski definition) is 4. The van der Waals surface area contributed by atoms with E-state index in [1.807, 2.05) is 25.8 Å². The summed E-state index contributed by atoms with van der Waals surface area (Å²) >= 11 is 0. The molecular formula is C17H27N3O3S. The highest BCUT2D eigenvalue weighted by molar-refractivity contribution is 7.89. The molecule has 1 aliphatic heterocycles. The van der Waals surface area contributed by atoms with Crippen LogP contribution >= 0.6 is 0 Å². The summed E-state index contributed by atoms with van der Waals surface area (Å²) in [6.45, 7) is 5.39. The Bertz CT molecular complexity index is 688. The molecule has 0 radical (unpaired) electrons. The van der Waals surface area contributed by atoms with E-state index in [2.05, 4.69) is 10.0 Å². The Balaban J connectivity index is 1.88. The first kappa shape index (κ1) is 18.9. The van der Waals surface area contributed by atoms with Gasteiger partial charge in [-0.3, -0.25) is 4.79 Å². The standard InChI is InChI=1S/C17H27N3O3S/c1-13-6-7-16(11-14(13)2)24(22,23)19-9-8-17(21)20-10-4-5-15(12-20)18-3/h6-7,11,15,18-19H,4-5,8-10,12H2,1-3H3. The minimum atomic E-state index is -3.57. The number of hydrogen-bond donors (Lipinski definition) is 2. The lowest BCUT2D eigenvalue weighted by molar-refractivity contribution is -0.132. The van der Waals surface area contributed by atoms with Crippen molar-refractivity contribution in [1.82, 2.24) is 14.9 Å². The molecule has 0 aliphatic carbocycles. The Labute approximate surface area is 144 Å². The Hall–Kier alpha value is -1.44. The zero-order chi connectivity index (χ0) is 17.7. The van der Waals surface area contributed by atoms with Crippen LogP contribution in [0.3, 0.4) is 0 Å². The summed E-state index contributed by atoms with van der Waals surface area (Å²) in [7, 11) is -1.68. The van der Waals surface area contributed by atoms with E-state index < -0.39 is 10.0 Å². The molecule has 1 heterocycles. The molecule has 6 nitrogen and oxygen atoms in total. The summed E-state index contributed by atoms with van der Waals surface area (Å²) in [5.41, 5.74) is 1.98. The average Bonchev–Trinajstić information content (AvgIpc) is 2.57. The van der Waals surface area contributed by atoms with Crippen LogP contribution in [0.25, 0.3) is 0 Å². The van der Waals surface area contributed by atoms with E-state index in [-0.39, 0.29) is 23.8 Å². The van der Waals surface area contributed by atoms with E-state index in [9.17, 15) is 13.2 Å². The third kappa shape index (κ3) is 4.78. The number of rotatable bonds is 6. The fraction of sp³-hybridized carbons (Fsp3) is 0.588. The van der Waals surface area contributed by atoms with Crippen molar-refractivity contribution < 1.29 is 13.2 Å². The molecular weight excluding hydrogens is 326 g/mol. The summed E-state index contributed by atoms with van der Waals surface area (Å²) < 4.78 is 27.1. The van der Waals surface area contributed by atoms with E-state index in [0.29, 0.717) is 12.6 Å². The molecule has 1 fully saturated rings. The number of likely N-dealkylation sites (N-methyl/N-ethyl adjacent to an activating group) is 1. The molecule has 0 aromatic heterocycles. The van der Waals surface area contributed by atoms with Gasteiger partial charge in [0.1, 0.15) is 0 Å². The number of likely N-dealkylation sites (tertiary alicyclic amines) is 1. The van der Waals surface area contributed by atoms with Crippen molar-refractivity contribution in [3.05, 3.63) is 29.3 Å². The smallest absolute Gasteiger partial charge is 0.240 e. The lowest BCUT2D eigenvalue weighted by Crippen LogP contribution is -2.47. The van der Waals surface area contributed by atoms with E-state index in [1.165, 1.54) is 0 Å². The fourth-order valence-electron chi connectivity index (χ4n) is 2.85. The topological polar surface area (TPSA) is 78.5 Å². The predicted octanol–water partition coefficient (Wildman–Crippen LogP) is 1.18. The highest BCUT2D eigenvalue weighted by Gasteiger charge is 2.23. The predicted molar refractivity (Wildman–Crippen MR) is 94.4 cm³/mol. The van der Waals surface area contributed by atoms with Crippen LogP contribution in [0.1, 0.15) is 30.4 Å². The molecule has 1 saturated heterocycles. The van der Waals surface area contributed by atoms with Gasteiger partial charge in [-0.2, -0.15) is 0 Å². The number of aryl methyl sites for hydroxylation is 2. The average molecular weight is 353 g/mol. The van der Waals surface area contributed by atoms with Gasteiger partial charge in [0.15, 0.2) is 0 Å². The maximum Gasteiger partial charge on any atom is 0.240 e. The quantitative estimate of drug-likeness (QED) is 0.805. The Morgan fingerprint density at radius 2 is 2.04 bits per heavy atom. The summed E-state index contributed by atoms with van der Waals surface area (Å²) in [6.07, 6.45) is 2.23. The van der Waals surface area contributed by atoms with Crippen molar-refractivity contribution in [3.8, 4) is 0 Å². The summed E-state index contributed by atoms with van der Waals surface area (Å²) in [6, 6.07) is 5.37. The van der Waals surface area contributed by atoms with Crippen LogP contribution in [-0.4, -0.2) is 51.9 Å². The highest BCUT2D eigenvalue weighted by Crippen LogP contribution is 2.15. The SMILES string of the molecule is CNC1CCCN(C(=O)CCNS(=O)(=O)c2ccc(C)c(C)c2)C1. The van der Waals surface area contributed by atoms with Crippen LogP contribution in [0.5, 0.6) is 0 Å². The van der Waals surface area contributed by atoms with Crippen LogP contribution in [0.4, 0.5) is 0 Å². The van der Waals surface area contributed by atoms with Gasteiger partial charge < -0.3 is 10.2 Å². The van der Waals surface area contributed by atoms with Gasteiger partial charge >= 0.3 is 0 Å². The number of benzene rings is 1. The maximum absolute atomic E-state index is 12.3. The van der Waals surface area contributed by atoms with Crippen molar-refractivity contribution in [1.29, 1.82) is 0 Å². The molecule has 24 heavy (non-hydrogen) atoms. The van der Waals surface area contributed by atoms with Gasteiger partial charge in [-0.1, -0.05) is 6.07 Å². The van der Waals surface area contributed by atoms with Crippen LogP contribution < -0.4 is 10.0 Å². The Morgan fingerprint density at radius 3 is 2.71 bits per heavy atom. The molecule has 0 saturated carbocycles. The second kappa shape index (κ2) is 8.09. The number of piperidine rings is 1. The molecule has 1 atom stereocenters. The number of nitrogens with zero attached hydrogens (tertiary/aromatic N) is 1. The van der Waals surface area contributed by atoms with Gasteiger partial charge in [-0.25, -0.2) is 13.1 Å². The van der Waals surface area contributed by atoms with Gasteiger partial charge in [-0.15, -0.1) is 0 Å². The number of carbonyl (C=O) groups is 1. The second-order valence-corrected chi connectivity index (χ2v) is 8.13. The minimum Gasteiger partial charge on any atom is -0.341 e. The molecule has 1 aliphatic rings. The molecule has 7 heteroatoms. The first-order valence-corrected chi connectivity index (χ1v) is 9.84. The minimum absolute atomic E-state index is 0.00210. The lowest BCUT2D eigenvalue weighted by atomic mass is 10.1. The lowest BCUT2D eigenvalue weighted by Gasteiger charge is -2.32. The summed E-state index contributed by atoms with van der Waals surface area (Å²) in [5.74, 6) is -0.00210. The third-order valence-corrected chi connectivity index (χ3v) is 6.06. The molecule has 134 valence electrons. The summed E-state index contributed by atoms with van der Waals surface area (Å²) in [5, 5.41) is 3.20. The number of nitrogens with one attached hydrogen (secondary N) is 2. The van der Waals surface area contributed by atoms with Crippen LogP contribution in [-0.2, 0) is 14.8 Å². The Kier molecular flexibility index (Phi) is 6.37. The first-order chi connectivity index (χ1) is 11.3. The normalized spacial score (nSPS) is 18.6. The van der Waals surface area contributed by atoms with Gasteiger partial charge in [0.2, 0.25) is 15.9 Å². The van der Waals surface area contributed by atoms with Crippen LogP contribution in [0.2, 0.25) is 0 Å². The molecule has 1 aromatic carbocycles. The van der Waals surface area contributed by atoms with Crippen molar-refractivity contribution >= 4 is 15.9 Å². The van der Waals surface area contributed by atoms with Crippen molar-refractivity contribution in [2.75, 3.05) is 26.7 Å². The molecule has 2 rings (SSSR count). The van der Waals surface area contributed by atoms with Crippen molar-refractivity contribution in [2.45, 2.75) is 44.0 Å². The van der Waals surface area contributed by atoms with Crippen molar-refractivity contribution in [2.24, 2.45) is 0 Å². The molecule has 1 amide bonds. The van der Waals surface area contributed by atoms with Gasteiger partial charge in [0.25, 0.3) is 0 Å². The van der Waals surface area contributed by atoms with Gasteiger partial charge in [-0.05, 0) is 57.0 Å². The van der Waals surface area contributed by atoms with Crippen molar-refractivity contribution in [3.63, 3.8) is 0 Å². The number of carbonyl (C=O) groups excluding carboxylic acids is 1. The molecule has 1 unspecified atom stereocenters. The number of sulfonamides is 1. The zero-order valence-electron chi connectivity index (χ0n) is 14.6. The summed E-state index contributed by atoms with van der Waals surface area (Å²) in [4.78, 5) is 14.3. The highest BCUT2D eigenvalue weighted by atomic mass is 32.2. The molecule has 0 bridgehead atoms. The Morgan fingerprint density at radius 1 is 1.29 bits per heavy atom. The molecule has 1 aromatic rings. The van der Waals surface area contributed by atoms with E-state index in [4.69, 9.17) is 0 Å². The fourth-order valence-corrected chi connectivity index (χ4v) is 3.97. The van der Waals surface area contributed by atoms with E-state index in [1.54, 1.807) is 18.2 Å². The third-order valence-electron chi connectivity index (χ3n) is 4.60. The zero-order valence-corrected chi connectivity index (χ0v) is 15.4. The maximum atomic E-state index is 12.3. The largest absolute Gasteiger partial charge is 0.341 e. The van der Waals surface area contributed by atoms with E-state index in [0.717, 1.165) is 30.5 Å². The van der Waals surface area contributed by atoms with Crippen LogP contribution in [0.15, 0.2) is 23.1 Å². The second-order valence-electron chi connectivity index (χ2n) is 6.36.